The molecule has 1 aromatic carbocycles. The lowest BCUT2D eigenvalue weighted by atomic mass is 9.83. The first-order valence-corrected chi connectivity index (χ1v) is 9.49. The predicted octanol–water partition coefficient (Wildman–Crippen LogP) is 1.81. The Morgan fingerprint density at radius 3 is 2.25 bits per heavy atom. The van der Waals surface area contributed by atoms with E-state index in [1.807, 2.05) is 27.7 Å². The molecule has 132 valence electrons. The number of hydrogen-bond acceptors (Lipinski definition) is 4. The summed E-state index contributed by atoms with van der Waals surface area (Å²) in [6.45, 7) is 9.06. The first kappa shape index (κ1) is 17.4. The summed E-state index contributed by atoms with van der Waals surface area (Å²) in [5, 5.41) is 1.40. The monoisotopic (exact) mass is 352 g/mol. The average Bonchev–Trinajstić information content (AvgIpc) is 2.89. The van der Waals surface area contributed by atoms with E-state index in [0.29, 0.717) is 31.1 Å². The molecule has 2 saturated heterocycles. The van der Waals surface area contributed by atoms with Crippen LogP contribution in [0.5, 0.6) is 0 Å². The average molecular weight is 352 g/mol. The molecule has 6 nitrogen and oxygen atoms in total. The summed E-state index contributed by atoms with van der Waals surface area (Å²) in [6.07, 6.45) is 0. The summed E-state index contributed by atoms with van der Waals surface area (Å²) in [5.41, 5.74) is 0.233. The number of carbonyl (C=O) groups is 1. The van der Waals surface area contributed by atoms with E-state index in [-0.39, 0.29) is 11.3 Å². The summed E-state index contributed by atoms with van der Waals surface area (Å²) >= 11 is 0. The van der Waals surface area contributed by atoms with E-state index in [9.17, 15) is 13.2 Å². The van der Waals surface area contributed by atoms with E-state index in [2.05, 4.69) is 0 Å². The zero-order chi connectivity index (χ0) is 17.8. The third-order valence-electron chi connectivity index (χ3n) is 4.56. The Hall–Kier alpha value is -1.44. The van der Waals surface area contributed by atoms with E-state index < -0.39 is 15.4 Å². The Kier molecular flexibility index (Phi) is 4.01. The smallest absolute Gasteiger partial charge is 0.251 e. The minimum absolute atomic E-state index is 0.0702. The van der Waals surface area contributed by atoms with Gasteiger partial charge in [0.2, 0.25) is 10.0 Å². The maximum Gasteiger partial charge on any atom is 0.251 e. The predicted molar refractivity (Wildman–Crippen MR) is 89.5 cm³/mol. The molecule has 1 spiro atoms. The van der Waals surface area contributed by atoms with Crippen molar-refractivity contribution in [3.05, 3.63) is 29.8 Å². The van der Waals surface area contributed by atoms with E-state index >= 15 is 0 Å². The van der Waals surface area contributed by atoms with E-state index in [1.54, 1.807) is 24.3 Å². The van der Waals surface area contributed by atoms with Crippen LogP contribution in [0.2, 0.25) is 0 Å². The van der Waals surface area contributed by atoms with Crippen LogP contribution < -0.4 is 0 Å². The van der Waals surface area contributed by atoms with Crippen molar-refractivity contribution in [2.24, 2.45) is 10.8 Å². The lowest BCUT2D eigenvalue weighted by molar-refractivity contribution is -0.177. The Morgan fingerprint density at radius 2 is 1.71 bits per heavy atom. The Bertz CT molecular complexity index is 744. The summed E-state index contributed by atoms with van der Waals surface area (Å²) in [4.78, 5) is 18.1. The molecule has 0 radical (unpaired) electrons. The fourth-order valence-corrected chi connectivity index (χ4v) is 4.70. The molecule has 3 rings (SSSR count). The molecule has 0 aromatic heterocycles. The molecule has 0 N–H and O–H groups in total. The zero-order valence-electron chi connectivity index (χ0n) is 14.6. The van der Waals surface area contributed by atoms with Gasteiger partial charge < -0.3 is 0 Å². The topological polar surface area (TPSA) is 66.9 Å². The number of hydrogen-bond donors (Lipinski definition) is 0. The molecule has 2 fully saturated rings. The highest BCUT2D eigenvalue weighted by molar-refractivity contribution is 7.89. The summed E-state index contributed by atoms with van der Waals surface area (Å²) in [7, 11) is -3.47. The molecule has 0 atom stereocenters. The van der Waals surface area contributed by atoms with Crippen molar-refractivity contribution in [3.8, 4) is 0 Å². The molecule has 1 aromatic rings. The molecule has 2 aliphatic heterocycles. The van der Waals surface area contributed by atoms with Gasteiger partial charge in [0.25, 0.3) is 5.91 Å². The van der Waals surface area contributed by atoms with Gasteiger partial charge in [-0.05, 0) is 19.1 Å². The van der Waals surface area contributed by atoms with Crippen LogP contribution in [-0.4, -0.2) is 49.9 Å². The second kappa shape index (κ2) is 5.54. The number of aryl methyl sites for hydroxylation is 1. The van der Waals surface area contributed by atoms with Gasteiger partial charge in [0.05, 0.1) is 18.0 Å². The Balaban J connectivity index is 1.67. The quantitative estimate of drug-likeness (QED) is 0.814. The van der Waals surface area contributed by atoms with Crippen LogP contribution in [-0.2, 0) is 19.7 Å². The van der Waals surface area contributed by atoms with Gasteiger partial charge in [-0.25, -0.2) is 13.5 Å². The van der Waals surface area contributed by atoms with E-state index in [1.165, 1.54) is 9.37 Å². The van der Waals surface area contributed by atoms with Crippen LogP contribution in [0.15, 0.2) is 29.2 Å². The lowest BCUT2D eigenvalue weighted by Gasteiger charge is -2.45. The molecule has 7 heteroatoms. The number of carbonyl (C=O) groups excluding carboxylic acids is 1. The van der Waals surface area contributed by atoms with Gasteiger partial charge in [-0.15, -0.1) is 0 Å². The molecule has 1 amide bonds. The number of nitrogens with zero attached hydrogens (tertiary/aromatic N) is 2. The zero-order valence-corrected chi connectivity index (χ0v) is 15.4. The third kappa shape index (κ3) is 2.96. The van der Waals surface area contributed by atoms with Gasteiger partial charge in [-0.3, -0.25) is 9.63 Å². The summed E-state index contributed by atoms with van der Waals surface area (Å²) in [6, 6.07) is 6.86. The van der Waals surface area contributed by atoms with Gasteiger partial charge >= 0.3 is 0 Å². The number of sulfonamides is 1. The second-order valence-corrected chi connectivity index (χ2v) is 9.89. The number of benzene rings is 1. The van der Waals surface area contributed by atoms with Gasteiger partial charge in [0.15, 0.2) is 0 Å². The molecule has 2 heterocycles. The van der Waals surface area contributed by atoms with Gasteiger partial charge in [-0.2, -0.15) is 4.31 Å². The van der Waals surface area contributed by atoms with Gasteiger partial charge in [0, 0.05) is 23.9 Å². The molecule has 24 heavy (non-hydrogen) atoms. The Labute approximate surface area is 143 Å². The molecule has 0 saturated carbocycles. The normalized spacial score (nSPS) is 21.1. The van der Waals surface area contributed by atoms with Crippen LogP contribution in [0.3, 0.4) is 0 Å². The third-order valence-corrected chi connectivity index (χ3v) is 6.36. The van der Waals surface area contributed by atoms with Crippen molar-refractivity contribution in [2.75, 3.05) is 26.2 Å². The number of amides is 1. The lowest BCUT2D eigenvalue weighted by Crippen LogP contribution is -2.60. The molecule has 0 unspecified atom stereocenters. The highest BCUT2D eigenvalue weighted by atomic mass is 32.2. The van der Waals surface area contributed by atoms with E-state index in [4.69, 9.17) is 4.84 Å². The minimum Gasteiger partial charge on any atom is -0.272 e. The standard InChI is InChI=1S/C17H24N2O4S/c1-13-5-7-14(8-6-13)24(21,22)18-9-17(10-18)11-19(23-12-17)15(20)16(2,3)4/h5-8H,9-12H2,1-4H3. The maximum atomic E-state index is 12.6. The first-order chi connectivity index (χ1) is 11.0. The molecular weight excluding hydrogens is 328 g/mol. The minimum atomic E-state index is -3.47. The van der Waals surface area contributed by atoms with Gasteiger partial charge in [0.1, 0.15) is 0 Å². The maximum absolute atomic E-state index is 12.6. The first-order valence-electron chi connectivity index (χ1n) is 8.05. The molecule has 0 bridgehead atoms. The second-order valence-electron chi connectivity index (χ2n) is 7.95. The van der Waals surface area contributed by atoms with Crippen molar-refractivity contribution in [1.82, 2.24) is 9.37 Å². The van der Waals surface area contributed by atoms with Crippen LogP contribution in [0.4, 0.5) is 0 Å². The largest absolute Gasteiger partial charge is 0.272 e. The van der Waals surface area contributed by atoms with Crippen LogP contribution in [0.1, 0.15) is 26.3 Å². The van der Waals surface area contributed by atoms with Crippen molar-refractivity contribution in [3.63, 3.8) is 0 Å². The highest BCUT2D eigenvalue weighted by Crippen LogP contribution is 2.40. The SMILES string of the molecule is Cc1ccc(S(=O)(=O)N2CC3(CON(C(=O)C(C)(C)C)C3)C2)cc1. The fraction of sp³-hybridized carbons (Fsp3) is 0.588. The number of hydroxylamine groups is 2. The van der Waals surface area contributed by atoms with E-state index in [0.717, 1.165) is 5.56 Å². The summed E-state index contributed by atoms with van der Waals surface area (Å²) < 4.78 is 26.8. The van der Waals surface area contributed by atoms with Gasteiger partial charge in [-0.1, -0.05) is 38.5 Å². The fourth-order valence-electron chi connectivity index (χ4n) is 3.04. The van der Waals surface area contributed by atoms with Crippen LogP contribution >= 0.6 is 0 Å². The Morgan fingerprint density at radius 1 is 1.12 bits per heavy atom. The molecule has 2 aliphatic rings. The van der Waals surface area contributed by atoms with Crippen molar-refractivity contribution >= 4 is 15.9 Å². The highest BCUT2D eigenvalue weighted by Gasteiger charge is 2.54. The van der Waals surface area contributed by atoms with Crippen molar-refractivity contribution in [1.29, 1.82) is 0 Å². The van der Waals surface area contributed by atoms with Crippen molar-refractivity contribution in [2.45, 2.75) is 32.6 Å². The molecule has 0 aliphatic carbocycles. The number of rotatable bonds is 2. The molecular formula is C17H24N2O4S. The van der Waals surface area contributed by atoms with Crippen LogP contribution in [0.25, 0.3) is 0 Å². The summed E-state index contributed by atoms with van der Waals surface area (Å²) in [5.74, 6) is -0.0702. The van der Waals surface area contributed by atoms with Crippen LogP contribution in [0, 0.1) is 17.8 Å². The van der Waals surface area contributed by atoms with Crippen molar-refractivity contribution < 1.29 is 18.0 Å².